The van der Waals surface area contributed by atoms with Gasteiger partial charge in [-0.3, -0.25) is 0 Å². The zero-order valence-corrected chi connectivity index (χ0v) is 9.11. The van der Waals surface area contributed by atoms with Crippen LogP contribution in [0.15, 0.2) is 12.4 Å². The second-order valence-electron chi connectivity index (χ2n) is 3.56. The highest BCUT2D eigenvalue weighted by Gasteiger charge is 2.09. The molecule has 14 heavy (non-hydrogen) atoms. The van der Waals surface area contributed by atoms with Crippen molar-refractivity contribution < 1.29 is 4.74 Å². The first-order valence-electron chi connectivity index (χ1n) is 4.80. The van der Waals surface area contributed by atoms with Crippen molar-refractivity contribution in [1.29, 1.82) is 0 Å². The molecule has 0 radical (unpaired) electrons. The van der Waals surface area contributed by atoms with Crippen LogP contribution in [-0.2, 0) is 0 Å². The molecule has 1 aromatic heterocycles. The molecule has 0 aliphatic carbocycles. The number of aromatic nitrogens is 2. The normalized spacial score (nSPS) is 12.6. The number of nitrogens with zero attached hydrogens (tertiary/aromatic N) is 2. The second-order valence-corrected chi connectivity index (χ2v) is 3.56. The highest BCUT2D eigenvalue weighted by Crippen LogP contribution is 2.14. The van der Waals surface area contributed by atoms with Gasteiger partial charge in [-0.2, -0.15) is 0 Å². The Balaban J connectivity index is 2.66. The van der Waals surface area contributed by atoms with Crippen LogP contribution in [0.25, 0.3) is 0 Å². The average Bonchev–Trinajstić information content (AvgIpc) is 2.18. The summed E-state index contributed by atoms with van der Waals surface area (Å²) >= 11 is 0. The lowest BCUT2D eigenvalue weighted by atomic mass is 10.1. The predicted octanol–water partition coefficient (Wildman–Crippen LogP) is 1.94. The molecule has 0 aliphatic heterocycles. The van der Waals surface area contributed by atoms with E-state index in [9.17, 15) is 0 Å². The molecule has 1 aromatic rings. The van der Waals surface area contributed by atoms with E-state index in [-0.39, 0.29) is 6.10 Å². The quantitative estimate of drug-likeness (QED) is 0.797. The molecule has 78 valence electrons. The molecular formula is C10H17N3O. The van der Waals surface area contributed by atoms with Gasteiger partial charge in [-0.05, 0) is 12.8 Å². The molecule has 1 N–H and O–H groups in total. The Labute approximate surface area is 84.7 Å². The first kappa shape index (κ1) is 10.8. The van der Waals surface area contributed by atoms with Gasteiger partial charge in [-0.1, -0.05) is 13.8 Å². The molecule has 0 saturated heterocycles. The molecule has 0 aliphatic rings. The van der Waals surface area contributed by atoms with Crippen molar-refractivity contribution in [2.75, 3.05) is 12.4 Å². The number of anilines is 1. The van der Waals surface area contributed by atoms with E-state index in [0.717, 1.165) is 5.82 Å². The van der Waals surface area contributed by atoms with Crippen LogP contribution in [0, 0.1) is 5.92 Å². The molecular weight excluding hydrogens is 178 g/mol. The molecule has 1 atom stereocenters. The van der Waals surface area contributed by atoms with Crippen molar-refractivity contribution in [3.05, 3.63) is 12.4 Å². The minimum atomic E-state index is 0.162. The Morgan fingerprint density at radius 1 is 1.29 bits per heavy atom. The number of hydrogen-bond donors (Lipinski definition) is 1. The smallest absolute Gasteiger partial charge is 0.218 e. The van der Waals surface area contributed by atoms with Gasteiger partial charge in [0, 0.05) is 13.1 Å². The molecule has 0 amide bonds. The third-order valence-corrected chi connectivity index (χ3v) is 2.14. The van der Waals surface area contributed by atoms with Gasteiger partial charge < -0.3 is 10.1 Å². The van der Waals surface area contributed by atoms with E-state index in [4.69, 9.17) is 4.74 Å². The molecule has 4 nitrogen and oxygen atoms in total. The fourth-order valence-electron chi connectivity index (χ4n) is 0.867. The van der Waals surface area contributed by atoms with Crippen LogP contribution in [0.3, 0.4) is 0 Å². The lowest BCUT2D eigenvalue weighted by molar-refractivity contribution is 0.163. The van der Waals surface area contributed by atoms with E-state index in [1.807, 2.05) is 14.0 Å². The fraction of sp³-hybridized carbons (Fsp3) is 0.600. The molecule has 4 heteroatoms. The molecule has 0 spiro atoms. The van der Waals surface area contributed by atoms with Gasteiger partial charge in [0.2, 0.25) is 5.88 Å². The molecule has 0 bridgehead atoms. The summed E-state index contributed by atoms with van der Waals surface area (Å²) in [5.74, 6) is 1.86. The highest BCUT2D eigenvalue weighted by molar-refractivity contribution is 5.35. The minimum Gasteiger partial charge on any atom is -0.474 e. The lowest BCUT2D eigenvalue weighted by Crippen LogP contribution is -2.19. The van der Waals surface area contributed by atoms with Crippen LogP contribution < -0.4 is 10.1 Å². The van der Waals surface area contributed by atoms with Gasteiger partial charge in [0.25, 0.3) is 0 Å². The Morgan fingerprint density at radius 3 is 2.57 bits per heavy atom. The van der Waals surface area contributed by atoms with E-state index in [1.165, 1.54) is 6.33 Å². The van der Waals surface area contributed by atoms with Crippen LogP contribution in [0.2, 0.25) is 0 Å². The SMILES string of the molecule is CNc1cc(OC(C)C(C)C)ncn1. The van der Waals surface area contributed by atoms with E-state index < -0.39 is 0 Å². The predicted molar refractivity (Wildman–Crippen MR) is 56.5 cm³/mol. The summed E-state index contributed by atoms with van der Waals surface area (Å²) in [5.41, 5.74) is 0. The number of hydrogen-bond acceptors (Lipinski definition) is 4. The van der Waals surface area contributed by atoms with E-state index in [1.54, 1.807) is 6.07 Å². The van der Waals surface area contributed by atoms with Crippen molar-refractivity contribution >= 4 is 5.82 Å². The van der Waals surface area contributed by atoms with Gasteiger partial charge >= 0.3 is 0 Å². The molecule has 1 unspecified atom stereocenters. The van der Waals surface area contributed by atoms with Crippen molar-refractivity contribution in [3.63, 3.8) is 0 Å². The maximum Gasteiger partial charge on any atom is 0.218 e. The molecule has 0 fully saturated rings. The van der Waals surface area contributed by atoms with Gasteiger partial charge in [-0.15, -0.1) is 0 Å². The number of ether oxygens (including phenoxy) is 1. The van der Waals surface area contributed by atoms with E-state index in [0.29, 0.717) is 11.8 Å². The molecule has 1 heterocycles. The third-order valence-electron chi connectivity index (χ3n) is 2.14. The number of nitrogens with one attached hydrogen (secondary N) is 1. The lowest BCUT2D eigenvalue weighted by Gasteiger charge is -2.17. The maximum absolute atomic E-state index is 5.63. The second kappa shape index (κ2) is 4.79. The summed E-state index contributed by atoms with van der Waals surface area (Å²) in [6, 6.07) is 1.79. The van der Waals surface area contributed by atoms with Gasteiger partial charge in [0.1, 0.15) is 12.1 Å². The monoisotopic (exact) mass is 195 g/mol. The Morgan fingerprint density at radius 2 is 2.00 bits per heavy atom. The number of rotatable bonds is 4. The minimum absolute atomic E-state index is 0.162. The summed E-state index contributed by atoms with van der Waals surface area (Å²) < 4.78 is 5.63. The Bertz CT molecular complexity index is 288. The first-order valence-corrected chi connectivity index (χ1v) is 4.80. The molecule has 0 saturated carbocycles. The van der Waals surface area contributed by atoms with Crippen LogP contribution in [0.1, 0.15) is 20.8 Å². The average molecular weight is 195 g/mol. The maximum atomic E-state index is 5.63. The van der Waals surface area contributed by atoms with Gasteiger partial charge in [0.15, 0.2) is 0 Å². The van der Waals surface area contributed by atoms with E-state index in [2.05, 4.69) is 29.1 Å². The summed E-state index contributed by atoms with van der Waals surface area (Å²) in [6.45, 7) is 6.27. The van der Waals surface area contributed by atoms with Gasteiger partial charge in [-0.25, -0.2) is 9.97 Å². The molecule has 0 aromatic carbocycles. The standard InChI is InChI=1S/C10H17N3O/c1-7(2)8(3)14-10-5-9(11-4)12-6-13-10/h5-8H,1-4H3,(H,11,12,13). The van der Waals surface area contributed by atoms with Crippen LogP contribution in [0.4, 0.5) is 5.82 Å². The first-order chi connectivity index (χ1) is 6.63. The highest BCUT2D eigenvalue weighted by atomic mass is 16.5. The summed E-state index contributed by atoms with van der Waals surface area (Å²) in [5, 5.41) is 2.94. The van der Waals surface area contributed by atoms with Crippen molar-refractivity contribution in [2.24, 2.45) is 5.92 Å². The van der Waals surface area contributed by atoms with Crippen molar-refractivity contribution in [2.45, 2.75) is 26.9 Å². The Kier molecular flexibility index (Phi) is 3.68. The van der Waals surface area contributed by atoms with Crippen LogP contribution in [0.5, 0.6) is 5.88 Å². The van der Waals surface area contributed by atoms with Crippen molar-refractivity contribution in [1.82, 2.24) is 9.97 Å². The summed E-state index contributed by atoms with van der Waals surface area (Å²) in [7, 11) is 1.82. The van der Waals surface area contributed by atoms with Gasteiger partial charge in [0.05, 0.1) is 6.10 Å². The van der Waals surface area contributed by atoms with Crippen molar-refractivity contribution in [3.8, 4) is 5.88 Å². The summed E-state index contributed by atoms with van der Waals surface area (Å²) in [4.78, 5) is 8.04. The van der Waals surface area contributed by atoms with Crippen LogP contribution >= 0.6 is 0 Å². The van der Waals surface area contributed by atoms with E-state index >= 15 is 0 Å². The Hall–Kier alpha value is -1.32. The zero-order valence-electron chi connectivity index (χ0n) is 9.11. The topological polar surface area (TPSA) is 47.0 Å². The van der Waals surface area contributed by atoms with Crippen LogP contribution in [-0.4, -0.2) is 23.1 Å². The molecule has 1 rings (SSSR count). The zero-order chi connectivity index (χ0) is 10.6. The fourth-order valence-corrected chi connectivity index (χ4v) is 0.867. The largest absolute Gasteiger partial charge is 0.474 e. The third kappa shape index (κ3) is 2.87. The summed E-state index contributed by atoms with van der Waals surface area (Å²) in [6.07, 6.45) is 1.66.